The van der Waals surface area contributed by atoms with Crippen LogP contribution in [0.15, 0.2) is 23.4 Å². The van der Waals surface area contributed by atoms with Crippen LogP contribution in [0.5, 0.6) is 0 Å². The maximum absolute atomic E-state index is 5.78. The number of allylic oxidation sites excluding steroid dienone is 2. The topological polar surface area (TPSA) is 12.0 Å². The molecular formula is C5H4BrCl2N. The summed E-state index contributed by atoms with van der Waals surface area (Å²) in [6, 6.07) is 0. The first-order valence-electron chi connectivity index (χ1n) is 2.31. The Balaban J connectivity index is 2.83. The van der Waals surface area contributed by atoms with E-state index in [9.17, 15) is 0 Å². The molecule has 1 nitrogen and oxygen atoms in total. The first-order valence-corrected chi connectivity index (χ1v) is 3.86. The van der Waals surface area contributed by atoms with Crippen molar-refractivity contribution in [3.63, 3.8) is 0 Å². The fourth-order valence-corrected chi connectivity index (χ4v) is 0.977. The molecule has 0 fully saturated rings. The number of nitrogens with one attached hydrogen (secondary N) is 1. The molecule has 1 aliphatic rings. The summed E-state index contributed by atoms with van der Waals surface area (Å²) in [6.45, 7) is 0. The highest BCUT2D eigenvalue weighted by atomic mass is 79.9. The third-order valence-electron chi connectivity index (χ3n) is 0.903. The molecule has 1 heterocycles. The van der Waals surface area contributed by atoms with Crippen molar-refractivity contribution in [2.75, 3.05) is 0 Å². The van der Waals surface area contributed by atoms with E-state index in [1.807, 2.05) is 0 Å². The lowest BCUT2D eigenvalue weighted by Gasteiger charge is -2.21. The van der Waals surface area contributed by atoms with Gasteiger partial charge >= 0.3 is 0 Å². The molecule has 0 amide bonds. The highest BCUT2D eigenvalue weighted by Gasteiger charge is 2.26. The predicted octanol–water partition coefficient (Wildman–Crippen LogP) is 2.51. The third kappa shape index (κ3) is 1.63. The van der Waals surface area contributed by atoms with Crippen LogP contribution in [0.1, 0.15) is 0 Å². The van der Waals surface area contributed by atoms with Gasteiger partial charge in [0.05, 0.1) is 5.03 Å². The van der Waals surface area contributed by atoms with Gasteiger partial charge in [-0.2, -0.15) is 0 Å². The van der Waals surface area contributed by atoms with E-state index in [0.29, 0.717) is 5.03 Å². The number of alkyl halides is 2. The molecule has 1 aliphatic heterocycles. The van der Waals surface area contributed by atoms with Gasteiger partial charge in [-0.15, -0.1) is 0 Å². The number of hydrogen-bond donors (Lipinski definition) is 1. The van der Waals surface area contributed by atoms with Crippen molar-refractivity contribution in [1.82, 2.24) is 5.32 Å². The standard InChI is InChI=1S/C5H4BrCl2N/c6-5(8)4(7)2-1-3-9-5/h1-3,9H. The average Bonchev–Trinajstić information content (AvgIpc) is 1.77. The zero-order chi connectivity index (χ0) is 6.91. The minimum Gasteiger partial charge on any atom is -0.360 e. The first kappa shape index (κ1) is 7.45. The second kappa shape index (κ2) is 2.52. The quantitative estimate of drug-likeness (QED) is 0.497. The molecule has 0 saturated heterocycles. The van der Waals surface area contributed by atoms with Crippen molar-refractivity contribution in [1.29, 1.82) is 0 Å². The Morgan fingerprint density at radius 2 is 2.33 bits per heavy atom. The summed E-state index contributed by atoms with van der Waals surface area (Å²) in [7, 11) is 0. The van der Waals surface area contributed by atoms with Crippen LogP contribution in [0.4, 0.5) is 0 Å². The largest absolute Gasteiger partial charge is 0.360 e. The molecule has 0 aromatic heterocycles. The molecule has 1 N–H and O–H groups in total. The van der Waals surface area contributed by atoms with Gasteiger partial charge in [-0.1, -0.05) is 23.2 Å². The maximum atomic E-state index is 5.78. The van der Waals surface area contributed by atoms with E-state index in [2.05, 4.69) is 21.2 Å². The zero-order valence-electron chi connectivity index (χ0n) is 4.37. The van der Waals surface area contributed by atoms with Gasteiger partial charge in [0.1, 0.15) is 0 Å². The molecule has 0 radical (unpaired) electrons. The van der Waals surface area contributed by atoms with E-state index < -0.39 is 3.91 Å². The van der Waals surface area contributed by atoms with Crippen molar-refractivity contribution in [2.45, 2.75) is 3.91 Å². The summed E-state index contributed by atoms with van der Waals surface area (Å²) >= 11 is 14.6. The van der Waals surface area contributed by atoms with Crippen LogP contribution in [0, 0.1) is 0 Å². The van der Waals surface area contributed by atoms with E-state index in [-0.39, 0.29) is 0 Å². The lowest BCUT2D eigenvalue weighted by atomic mass is 10.4. The van der Waals surface area contributed by atoms with Crippen LogP contribution in [0.25, 0.3) is 0 Å². The molecule has 9 heavy (non-hydrogen) atoms. The van der Waals surface area contributed by atoms with Gasteiger partial charge in [-0.05, 0) is 34.3 Å². The Kier molecular flexibility index (Phi) is 2.09. The number of hydrogen-bond acceptors (Lipinski definition) is 1. The molecule has 0 aromatic rings. The molecule has 1 atom stereocenters. The van der Waals surface area contributed by atoms with Crippen molar-refractivity contribution in [3.8, 4) is 0 Å². The summed E-state index contributed by atoms with van der Waals surface area (Å²) in [5.74, 6) is 0. The second-order valence-electron chi connectivity index (χ2n) is 1.59. The Morgan fingerprint density at radius 3 is 2.67 bits per heavy atom. The van der Waals surface area contributed by atoms with Crippen molar-refractivity contribution < 1.29 is 0 Å². The van der Waals surface area contributed by atoms with Crippen molar-refractivity contribution >= 4 is 39.1 Å². The van der Waals surface area contributed by atoms with Crippen LogP contribution < -0.4 is 5.32 Å². The van der Waals surface area contributed by atoms with Gasteiger partial charge in [-0.3, -0.25) is 0 Å². The molecule has 0 aliphatic carbocycles. The van der Waals surface area contributed by atoms with Crippen LogP contribution in [0.3, 0.4) is 0 Å². The molecule has 0 saturated carbocycles. The Labute approximate surface area is 71.8 Å². The molecule has 0 spiro atoms. The normalized spacial score (nSPS) is 33.4. The second-order valence-corrected chi connectivity index (χ2v) is 4.21. The SMILES string of the molecule is ClC1=CC=CNC1(Cl)Br. The average molecular weight is 229 g/mol. The van der Waals surface area contributed by atoms with E-state index in [1.54, 1.807) is 18.4 Å². The third-order valence-corrected chi connectivity index (χ3v) is 2.61. The van der Waals surface area contributed by atoms with Gasteiger partial charge in [0.25, 0.3) is 0 Å². The summed E-state index contributed by atoms with van der Waals surface area (Å²) in [5.41, 5.74) is 0. The number of halogens is 3. The predicted molar refractivity (Wildman–Crippen MR) is 43.7 cm³/mol. The maximum Gasteiger partial charge on any atom is 0.204 e. The van der Waals surface area contributed by atoms with E-state index in [1.165, 1.54) is 0 Å². The monoisotopic (exact) mass is 227 g/mol. The number of dihydropyridines is 1. The molecule has 4 heteroatoms. The highest BCUT2D eigenvalue weighted by Crippen LogP contribution is 2.33. The summed E-state index contributed by atoms with van der Waals surface area (Å²) < 4.78 is -0.788. The van der Waals surface area contributed by atoms with E-state index in [4.69, 9.17) is 23.2 Å². The Bertz CT molecular complexity index is 174. The molecule has 1 rings (SSSR count). The van der Waals surface area contributed by atoms with Crippen LogP contribution in [-0.4, -0.2) is 3.91 Å². The van der Waals surface area contributed by atoms with Crippen LogP contribution >= 0.6 is 39.1 Å². The fourth-order valence-electron chi connectivity index (χ4n) is 0.459. The molecule has 0 aromatic carbocycles. The van der Waals surface area contributed by atoms with Crippen LogP contribution in [-0.2, 0) is 0 Å². The minimum atomic E-state index is -0.788. The fraction of sp³-hybridized carbons (Fsp3) is 0.200. The zero-order valence-corrected chi connectivity index (χ0v) is 7.46. The number of rotatable bonds is 0. The van der Waals surface area contributed by atoms with E-state index >= 15 is 0 Å². The lowest BCUT2D eigenvalue weighted by molar-refractivity contribution is 0.845. The lowest BCUT2D eigenvalue weighted by Crippen LogP contribution is -2.30. The molecule has 0 bridgehead atoms. The minimum absolute atomic E-state index is 0.534. The Hall–Kier alpha value is 0.340. The van der Waals surface area contributed by atoms with Crippen molar-refractivity contribution in [3.05, 3.63) is 23.4 Å². The molecule has 50 valence electrons. The van der Waals surface area contributed by atoms with Gasteiger partial charge in [0.15, 0.2) is 0 Å². The first-order chi connectivity index (χ1) is 4.13. The molecule has 1 unspecified atom stereocenters. The summed E-state index contributed by atoms with van der Waals surface area (Å²) in [4.78, 5) is 0. The van der Waals surface area contributed by atoms with E-state index in [0.717, 1.165) is 0 Å². The van der Waals surface area contributed by atoms with Gasteiger partial charge in [0.2, 0.25) is 3.91 Å². The molecular weight excluding hydrogens is 225 g/mol. The van der Waals surface area contributed by atoms with Gasteiger partial charge in [-0.25, -0.2) is 0 Å². The van der Waals surface area contributed by atoms with Gasteiger partial charge < -0.3 is 5.32 Å². The van der Waals surface area contributed by atoms with Gasteiger partial charge in [0, 0.05) is 0 Å². The summed E-state index contributed by atoms with van der Waals surface area (Å²) in [6.07, 6.45) is 5.22. The Morgan fingerprint density at radius 1 is 1.67 bits per heavy atom. The highest BCUT2D eigenvalue weighted by molar-refractivity contribution is 9.10. The summed E-state index contributed by atoms with van der Waals surface area (Å²) in [5, 5.41) is 3.34. The van der Waals surface area contributed by atoms with Crippen molar-refractivity contribution in [2.24, 2.45) is 0 Å². The van der Waals surface area contributed by atoms with Crippen LogP contribution in [0.2, 0.25) is 0 Å². The smallest absolute Gasteiger partial charge is 0.204 e.